The summed E-state index contributed by atoms with van der Waals surface area (Å²) in [5.74, 6) is 1.47. The number of hydrogen-bond acceptors (Lipinski definition) is 2. The average molecular weight is 388 g/mol. The van der Waals surface area contributed by atoms with E-state index in [0.717, 1.165) is 56.9 Å². The minimum atomic E-state index is -0.592. The third-order valence-electron chi connectivity index (χ3n) is 9.59. The summed E-state index contributed by atoms with van der Waals surface area (Å²) in [4.78, 5) is 12.7. The summed E-state index contributed by atoms with van der Waals surface area (Å²) in [7, 11) is 0. The number of fused-ring (bicyclic) bond motifs is 3. The summed E-state index contributed by atoms with van der Waals surface area (Å²) in [5.41, 5.74) is 0.971. The van der Waals surface area contributed by atoms with E-state index >= 15 is 0 Å². The number of carbonyl (C=O) groups is 1. The van der Waals surface area contributed by atoms with Crippen LogP contribution in [0.2, 0.25) is 0 Å². The van der Waals surface area contributed by atoms with E-state index in [1.54, 1.807) is 0 Å². The van der Waals surface area contributed by atoms with Crippen LogP contribution in [0.3, 0.4) is 0 Å². The number of nitrogens with one attached hydrogen (secondary N) is 1. The van der Waals surface area contributed by atoms with E-state index in [2.05, 4.69) is 32.7 Å². The van der Waals surface area contributed by atoms with Crippen LogP contribution in [0, 0.1) is 22.7 Å². The third-order valence-corrected chi connectivity index (χ3v) is 9.59. The quantitative estimate of drug-likeness (QED) is 0.482. The van der Waals surface area contributed by atoms with Crippen LogP contribution in [0.1, 0.15) is 104 Å². The van der Waals surface area contributed by atoms with Crippen molar-refractivity contribution in [2.45, 2.75) is 115 Å². The molecule has 4 aliphatic carbocycles. The second-order valence-corrected chi connectivity index (χ2v) is 11.3. The van der Waals surface area contributed by atoms with Gasteiger partial charge in [0.1, 0.15) is 0 Å². The summed E-state index contributed by atoms with van der Waals surface area (Å²) >= 11 is 0. The first-order valence-electron chi connectivity index (χ1n) is 11.9. The molecule has 1 amide bonds. The number of carbonyl (C=O) groups excluding carboxylic acids is 1. The molecule has 0 aliphatic heterocycles. The maximum atomic E-state index is 12.7. The van der Waals surface area contributed by atoms with Crippen molar-refractivity contribution >= 4 is 5.91 Å². The van der Waals surface area contributed by atoms with E-state index in [0.29, 0.717) is 18.3 Å². The number of amides is 1. The number of hydrogen-bond donors (Lipinski definition) is 2. The summed E-state index contributed by atoms with van der Waals surface area (Å²) in [6.45, 7) is 11.3. The predicted molar refractivity (Wildman–Crippen MR) is 114 cm³/mol. The fourth-order valence-electron chi connectivity index (χ4n) is 8.42. The lowest BCUT2D eigenvalue weighted by Gasteiger charge is -2.64. The first-order chi connectivity index (χ1) is 13.2. The van der Waals surface area contributed by atoms with Gasteiger partial charge in [-0.3, -0.25) is 4.79 Å². The lowest BCUT2D eigenvalue weighted by molar-refractivity contribution is -0.154. The zero-order valence-electron chi connectivity index (χ0n) is 18.4. The molecule has 4 saturated carbocycles. The Hall–Kier alpha value is -0.830. The van der Waals surface area contributed by atoms with Gasteiger partial charge in [-0.2, -0.15) is 0 Å². The Kier molecular flexibility index (Phi) is 5.01. The molecule has 0 aromatic heterocycles. The fraction of sp³-hybridized carbons (Fsp3) is 0.880. The molecule has 3 nitrogen and oxygen atoms in total. The monoisotopic (exact) mass is 387 g/mol. The molecule has 2 bridgehead atoms. The first kappa shape index (κ1) is 20.4. The second kappa shape index (κ2) is 6.86. The lowest BCUT2D eigenvalue weighted by atomic mass is 9.42. The fourth-order valence-corrected chi connectivity index (χ4v) is 8.42. The molecule has 2 N–H and O–H groups in total. The molecule has 3 heteroatoms. The van der Waals surface area contributed by atoms with E-state index in [-0.39, 0.29) is 22.3 Å². The zero-order valence-corrected chi connectivity index (χ0v) is 18.4. The molecule has 0 aromatic carbocycles. The largest absolute Gasteiger partial charge is 0.386 e. The summed E-state index contributed by atoms with van der Waals surface area (Å²) < 4.78 is 0. The van der Waals surface area contributed by atoms with Crippen LogP contribution in [0.15, 0.2) is 12.2 Å². The Morgan fingerprint density at radius 2 is 1.89 bits per heavy atom. The van der Waals surface area contributed by atoms with Gasteiger partial charge < -0.3 is 10.4 Å². The SMILES string of the molecule is C=C1C[C@@]23CC[C@H]4[C@@](C)(CCC[C@@]4(C)NC(=O)CCCCC)[C@@H]2CC[C@]1(O)C3. The highest BCUT2D eigenvalue weighted by Crippen LogP contribution is 2.71. The van der Waals surface area contributed by atoms with Crippen LogP contribution >= 0.6 is 0 Å². The van der Waals surface area contributed by atoms with E-state index in [1.165, 1.54) is 25.7 Å². The Labute approximate surface area is 171 Å². The topological polar surface area (TPSA) is 49.3 Å². The van der Waals surface area contributed by atoms with Crippen molar-refractivity contribution in [3.05, 3.63) is 12.2 Å². The van der Waals surface area contributed by atoms with Crippen LogP contribution in [-0.4, -0.2) is 22.2 Å². The second-order valence-electron chi connectivity index (χ2n) is 11.3. The number of rotatable bonds is 5. The highest BCUT2D eigenvalue weighted by molar-refractivity contribution is 5.76. The van der Waals surface area contributed by atoms with Crippen LogP contribution in [0.4, 0.5) is 0 Å². The van der Waals surface area contributed by atoms with Gasteiger partial charge in [0.25, 0.3) is 0 Å². The molecule has 4 aliphatic rings. The molecule has 0 saturated heterocycles. The molecule has 0 radical (unpaired) electrons. The Balaban J connectivity index is 1.55. The minimum Gasteiger partial charge on any atom is -0.386 e. The standard InChI is InChI=1S/C25H41NO2/c1-5-6-7-9-21(27)26-23(4)13-8-12-22(3)19(23)10-14-24-16-18(2)25(28,17-24)15-11-20(22)24/h19-20,28H,2,5-17H2,1,3-4H3,(H,26,27)/t19-,20-,22+,23+,24+,25-/m0/s1. The van der Waals surface area contributed by atoms with Gasteiger partial charge in [-0.15, -0.1) is 0 Å². The van der Waals surface area contributed by atoms with E-state index in [9.17, 15) is 9.90 Å². The van der Waals surface area contributed by atoms with Gasteiger partial charge in [0.2, 0.25) is 5.91 Å². The Morgan fingerprint density at radius 1 is 1.14 bits per heavy atom. The summed E-state index contributed by atoms with van der Waals surface area (Å²) in [6.07, 6.45) is 13.9. The molecule has 28 heavy (non-hydrogen) atoms. The maximum Gasteiger partial charge on any atom is 0.220 e. The summed E-state index contributed by atoms with van der Waals surface area (Å²) in [6, 6.07) is 0. The van der Waals surface area contributed by atoms with Gasteiger partial charge in [-0.25, -0.2) is 0 Å². The molecular formula is C25H41NO2. The minimum absolute atomic E-state index is 0.0682. The number of aliphatic hydroxyl groups is 1. The third kappa shape index (κ3) is 2.99. The van der Waals surface area contributed by atoms with Crippen molar-refractivity contribution in [2.75, 3.05) is 0 Å². The normalized spacial score (nSPS) is 47.4. The van der Waals surface area contributed by atoms with E-state index in [1.807, 2.05) is 0 Å². The zero-order chi connectivity index (χ0) is 20.2. The Bertz CT molecular complexity index is 659. The van der Waals surface area contributed by atoms with Gasteiger partial charge >= 0.3 is 0 Å². The highest BCUT2D eigenvalue weighted by atomic mass is 16.3. The van der Waals surface area contributed by atoms with Crippen LogP contribution in [0.5, 0.6) is 0 Å². The van der Waals surface area contributed by atoms with Gasteiger partial charge in [0.15, 0.2) is 0 Å². The number of unbranched alkanes of at least 4 members (excludes halogenated alkanes) is 2. The van der Waals surface area contributed by atoms with E-state index < -0.39 is 5.60 Å². The molecule has 4 fully saturated rings. The van der Waals surface area contributed by atoms with Crippen molar-refractivity contribution in [3.8, 4) is 0 Å². The van der Waals surface area contributed by atoms with Gasteiger partial charge in [-0.1, -0.05) is 39.7 Å². The van der Waals surface area contributed by atoms with Crippen molar-refractivity contribution in [1.82, 2.24) is 5.32 Å². The molecule has 4 rings (SSSR count). The van der Waals surface area contributed by atoms with Crippen LogP contribution in [-0.2, 0) is 4.79 Å². The molecule has 1 spiro atoms. The van der Waals surface area contributed by atoms with Crippen molar-refractivity contribution in [2.24, 2.45) is 22.7 Å². The highest BCUT2D eigenvalue weighted by Gasteiger charge is 2.66. The van der Waals surface area contributed by atoms with Crippen LogP contribution < -0.4 is 5.32 Å². The molecule has 6 atom stereocenters. The van der Waals surface area contributed by atoms with Gasteiger partial charge in [0.05, 0.1) is 5.60 Å². The average Bonchev–Trinajstić information content (AvgIpc) is 2.78. The Morgan fingerprint density at radius 3 is 2.64 bits per heavy atom. The van der Waals surface area contributed by atoms with Gasteiger partial charge in [0, 0.05) is 12.0 Å². The van der Waals surface area contributed by atoms with Crippen molar-refractivity contribution < 1.29 is 9.90 Å². The molecular weight excluding hydrogens is 346 g/mol. The molecule has 0 aromatic rings. The van der Waals surface area contributed by atoms with Crippen molar-refractivity contribution in [3.63, 3.8) is 0 Å². The predicted octanol–water partition coefficient (Wildman–Crippen LogP) is 5.52. The molecule has 158 valence electrons. The molecule has 0 heterocycles. The van der Waals surface area contributed by atoms with E-state index in [4.69, 9.17) is 0 Å². The maximum absolute atomic E-state index is 12.7. The van der Waals surface area contributed by atoms with Gasteiger partial charge in [-0.05, 0) is 93.0 Å². The first-order valence-corrected chi connectivity index (χ1v) is 11.9. The summed E-state index contributed by atoms with van der Waals surface area (Å²) in [5, 5.41) is 14.6. The smallest absolute Gasteiger partial charge is 0.220 e. The van der Waals surface area contributed by atoms with Crippen LogP contribution in [0.25, 0.3) is 0 Å². The van der Waals surface area contributed by atoms with Crippen molar-refractivity contribution in [1.29, 1.82) is 0 Å². The molecule has 0 unspecified atom stereocenters. The lowest BCUT2D eigenvalue weighted by Crippen LogP contribution is -2.64.